The second-order valence-electron chi connectivity index (χ2n) is 10.1. The van der Waals surface area contributed by atoms with Crippen LogP contribution < -0.4 is 0 Å². The summed E-state index contributed by atoms with van der Waals surface area (Å²) >= 11 is 0. The third kappa shape index (κ3) is 4.86. The molecule has 214 valence electrons. The zero-order chi connectivity index (χ0) is 29.6. The van der Waals surface area contributed by atoms with Crippen LogP contribution in [0.5, 0.6) is 0 Å². The number of hydrogen-bond acceptors (Lipinski definition) is 8. The minimum absolute atomic E-state index is 0.0210. The van der Waals surface area contributed by atoms with Crippen LogP contribution in [0.25, 0.3) is 38.9 Å². The van der Waals surface area contributed by atoms with Crippen molar-refractivity contribution in [3.8, 4) is 22.3 Å². The van der Waals surface area contributed by atoms with Gasteiger partial charge in [0.25, 0.3) is 0 Å². The molecule has 6 rings (SSSR count). The van der Waals surface area contributed by atoms with Crippen LogP contribution >= 0.6 is 0 Å². The Bertz CT molecular complexity index is 2080. The zero-order valence-corrected chi connectivity index (χ0v) is 24.0. The molecule has 0 aliphatic heterocycles. The highest BCUT2D eigenvalue weighted by molar-refractivity contribution is 7.90. The van der Waals surface area contributed by atoms with E-state index in [0.29, 0.717) is 39.9 Å². The molecule has 0 atom stereocenters. The highest BCUT2D eigenvalue weighted by atomic mass is 32.2. The lowest BCUT2D eigenvalue weighted by atomic mass is 10.0. The molecule has 6 aromatic rings. The average molecular weight is 587 g/mol. The molecule has 0 saturated heterocycles. The Labute approximate surface area is 240 Å². The Morgan fingerprint density at radius 2 is 1.71 bits per heavy atom. The monoisotopic (exact) mass is 586 g/mol. The van der Waals surface area contributed by atoms with Crippen LogP contribution in [0.2, 0.25) is 0 Å². The van der Waals surface area contributed by atoms with Gasteiger partial charge >= 0.3 is 10.0 Å². The minimum Gasteiger partial charge on any atom is -0.308 e. The quantitative estimate of drug-likeness (QED) is 0.232. The van der Waals surface area contributed by atoms with Gasteiger partial charge < -0.3 is 4.90 Å². The highest BCUT2D eigenvalue weighted by Gasteiger charge is 2.26. The predicted octanol–water partition coefficient (Wildman–Crippen LogP) is 4.14. The van der Waals surface area contributed by atoms with Crippen molar-refractivity contribution in [3.63, 3.8) is 0 Å². The number of nitrogens with zero attached hydrogens (tertiary/aromatic N) is 8. The molecule has 0 aliphatic carbocycles. The number of rotatable bonds is 9. The number of aromatic nitrogens is 7. The second kappa shape index (κ2) is 10.6. The van der Waals surface area contributed by atoms with Gasteiger partial charge in [-0.2, -0.15) is 22.7 Å². The molecule has 11 nitrogen and oxygen atoms in total. The molecular weight excluding hydrogens is 559 g/mol. The summed E-state index contributed by atoms with van der Waals surface area (Å²) < 4.78 is 46.8. The van der Waals surface area contributed by atoms with Gasteiger partial charge in [-0.1, -0.05) is 13.0 Å². The number of ketones is 1. The van der Waals surface area contributed by atoms with Crippen molar-refractivity contribution in [2.75, 3.05) is 20.6 Å². The Morgan fingerprint density at radius 3 is 2.48 bits per heavy atom. The Hall–Kier alpha value is -4.75. The molecule has 0 radical (unpaired) electrons. The van der Waals surface area contributed by atoms with Crippen molar-refractivity contribution < 1.29 is 17.6 Å². The molecule has 42 heavy (non-hydrogen) atoms. The molecule has 0 N–H and O–H groups in total. The predicted molar refractivity (Wildman–Crippen MR) is 155 cm³/mol. The largest absolute Gasteiger partial charge is 0.308 e. The molecule has 0 saturated carbocycles. The van der Waals surface area contributed by atoms with E-state index in [1.54, 1.807) is 49.8 Å². The van der Waals surface area contributed by atoms with Crippen LogP contribution in [0.4, 0.5) is 4.39 Å². The SMILES string of the molecule is CCC(=O)c1ccc(-c2ccc3ncc(S(=O)(=O)n4ncc5ncc(-c6cnn(CCN(C)C)c6)cc54)n3c2)cc1F. The van der Waals surface area contributed by atoms with Crippen LogP contribution in [0.1, 0.15) is 23.7 Å². The average Bonchev–Trinajstić information content (AvgIpc) is 3.73. The van der Waals surface area contributed by atoms with Crippen molar-refractivity contribution in [3.05, 3.63) is 85.0 Å². The first kappa shape index (κ1) is 27.4. The van der Waals surface area contributed by atoms with Gasteiger partial charge in [-0.3, -0.25) is 18.9 Å². The van der Waals surface area contributed by atoms with Crippen LogP contribution in [-0.2, 0) is 16.6 Å². The number of hydrogen-bond donors (Lipinski definition) is 0. The van der Waals surface area contributed by atoms with E-state index in [0.717, 1.165) is 16.2 Å². The maximum atomic E-state index is 14.7. The number of fused-ring (bicyclic) bond motifs is 2. The summed E-state index contributed by atoms with van der Waals surface area (Å²) in [5.41, 5.74) is 3.65. The van der Waals surface area contributed by atoms with Crippen LogP contribution in [0.3, 0.4) is 0 Å². The fourth-order valence-electron chi connectivity index (χ4n) is 4.69. The zero-order valence-electron chi connectivity index (χ0n) is 23.1. The maximum Gasteiger partial charge on any atom is 0.301 e. The highest BCUT2D eigenvalue weighted by Crippen LogP contribution is 2.28. The van der Waals surface area contributed by atoms with Gasteiger partial charge in [0, 0.05) is 42.7 Å². The number of pyridine rings is 2. The van der Waals surface area contributed by atoms with Crippen LogP contribution in [-0.4, -0.2) is 73.1 Å². The van der Waals surface area contributed by atoms with E-state index >= 15 is 0 Å². The number of carbonyl (C=O) groups is 1. The molecule has 0 fully saturated rings. The Balaban J connectivity index is 1.38. The van der Waals surface area contributed by atoms with E-state index in [1.807, 2.05) is 25.0 Å². The summed E-state index contributed by atoms with van der Waals surface area (Å²) in [7, 11) is -0.248. The molecule has 0 bridgehead atoms. The third-order valence-corrected chi connectivity index (χ3v) is 8.60. The van der Waals surface area contributed by atoms with Gasteiger partial charge in [0.2, 0.25) is 0 Å². The normalized spacial score (nSPS) is 12.1. The van der Waals surface area contributed by atoms with E-state index in [-0.39, 0.29) is 22.8 Å². The number of benzene rings is 1. The van der Waals surface area contributed by atoms with Gasteiger partial charge in [-0.25, -0.2) is 9.37 Å². The van der Waals surface area contributed by atoms with Crippen molar-refractivity contribution in [1.29, 1.82) is 0 Å². The molecule has 0 spiro atoms. The summed E-state index contributed by atoms with van der Waals surface area (Å²) in [5.74, 6) is -0.924. The topological polar surface area (TPSA) is 120 Å². The summed E-state index contributed by atoms with van der Waals surface area (Å²) in [5, 5.41) is 8.45. The van der Waals surface area contributed by atoms with E-state index in [1.165, 1.54) is 28.9 Å². The summed E-state index contributed by atoms with van der Waals surface area (Å²) in [6, 6.07) is 9.43. The second-order valence-corrected chi connectivity index (χ2v) is 11.8. The van der Waals surface area contributed by atoms with Crippen LogP contribution in [0.15, 0.2) is 78.6 Å². The summed E-state index contributed by atoms with van der Waals surface area (Å²) in [6.07, 6.45) is 9.69. The fraction of sp³-hybridized carbons (Fsp3) is 0.207. The fourth-order valence-corrected chi connectivity index (χ4v) is 6.03. The van der Waals surface area contributed by atoms with Gasteiger partial charge in [-0.15, -0.1) is 0 Å². The standard InChI is InChI=1S/C29H27FN8O3S/c1-4-27(39)23-7-5-19(11-24(23)30)20-6-8-28-32-16-29(37(28)18-20)42(40,41)38-26-12-21(13-31-25(26)15-34-38)22-14-33-36(17-22)10-9-35(2)3/h5-8,11-18H,4,9-10H2,1-3H3. The summed E-state index contributed by atoms with van der Waals surface area (Å²) in [6.45, 7) is 3.20. The molecular formula is C29H27FN8O3S. The van der Waals surface area contributed by atoms with E-state index in [9.17, 15) is 17.6 Å². The first-order valence-electron chi connectivity index (χ1n) is 13.2. The van der Waals surface area contributed by atoms with Gasteiger partial charge in [0.15, 0.2) is 10.8 Å². The van der Waals surface area contributed by atoms with E-state index in [4.69, 9.17) is 0 Å². The van der Waals surface area contributed by atoms with Gasteiger partial charge in [-0.05, 0) is 55.6 Å². The lowest BCUT2D eigenvalue weighted by Crippen LogP contribution is -2.18. The molecule has 5 aromatic heterocycles. The summed E-state index contributed by atoms with van der Waals surface area (Å²) in [4.78, 5) is 22.8. The van der Waals surface area contributed by atoms with Gasteiger partial charge in [0.05, 0.1) is 30.7 Å². The Kier molecular flexibility index (Phi) is 6.91. The van der Waals surface area contributed by atoms with Crippen molar-refractivity contribution in [1.82, 2.24) is 38.2 Å². The lowest BCUT2D eigenvalue weighted by Gasteiger charge is -2.09. The van der Waals surface area contributed by atoms with Gasteiger partial charge in [0.1, 0.15) is 22.5 Å². The maximum absolute atomic E-state index is 14.7. The molecule has 0 unspecified atom stereocenters. The number of Topliss-reactive ketones (excluding diaryl/α,β-unsaturated/α-hetero) is 1. The lowest BCUT2D eigenvalue weighted by molar-refractivity contribution is 0.0984. The number of imidazole rings is 1. The smallest absolute Gasteiger partial charge is 0.301 e. The van der Waals surface area contributed by atoms with E-state index in [2.05, 4.69) is 25.1 Å². The molecule has 5 heterocycles. The minimum atomic E-state index is -4.22. The molecule has 0 aliphatic rings. The molecule has 0 amide bonds. The number of likely N-dealkylation sites (N-methyl/N-ethyl adjacent to an activating group) is 1. The molecule has 13 heteroatoms. The Morgan fingerprint density at radius 1 is 0.905 bits per heavy atom. The first-order valence-corrected chi connectivity index (χ1v) is 14.7. The first-order chi connectivity index (χ1) is 20.2. The number of halogens is 1. The van der Waals surface area contributed by atoms with Crippen molar-refractivity contribution in [2.45, 2.75) is 24.9 Å². The van der Waals surface area contributed by atoms with Crippen molar-refractivity contribution >= 4 is 32.5 Å². The third-order valence-electron chi connectivity index (χ3n) is 7.02. The van der Waals surface area contributed by atoms with Crippen LogP contribution in [0, 0.1) is 5.82 Å². The number of carbonyl (C=O) groups excluding carboxylic acids is 1. The van der Waals surface area contributed by atoms with E-state index < -0.39 is 15.8 Å². The molecule has 1 aromatic carbocycles. The van der Waals surface area contributed by atoms with Crippen molar-refractivity contribution in [2.24, 2.45) is 0 Å².